The van der Waals surface area contributed by atoms with Crippen LogP contribution in [0, 0.1) is 46.0 Å². The second-order valence-corrected chi connectivity index (χ2v) is 10.1. The van der Waals surface area contributed by atoms with Crippen molar-refractivity contribution < 1.29 is 17.9 Å². The van der Waals surface area contributed by atoms with Gasteiger partial charge in [-0.3, -0.25) is 0 Å². The van der Waals surface area contributed by atoms with Crippen LogP contribution in [0.1, 0.15) is 57.1 Å². The summed E-state index contributed by atoms with van der Waals surface area (Å²) in [6.07, 6.45) is 2.41. The number of aliphatic imine (C=N–C) groups is 1. The third-order valence-corrected chi connectivity index (χ3v) is 7.43. The minimum Gasteiger partial charge on any atom is -0.367 e. The monoisotopic (exact) mass is 444 g/mol. The first-order chi connectivity index (χ1) is 15.0. The Labute approximate surface area is 186 Å². The molecule has 2 unspecified atom stereocenters. The molecule has 0 spiro atoms. The maximum atomic E-state index is 12.8. The highest BCUT2D eigenvalue weighted by Gasteiger charge is 2.56. The smallest absolute Gasteiger partial charge is 0.367 e. The average Bonchev–Trinajstić information content (AvgIpc) is 2.73. The van der Waals surface area contributed by atoms with Crippen molar-refractivity contribution in [3.63, 3.8) is 0 Å². The molecule has 0 aliphatic heterocycles. The highest BCUT2D eigenvalue weighted by Crippen LogP contribution is 2.59. The molecule has 0 saturated heterocycles. The number of hydrogen-bond donors (Lipinski definition) is 1. The molecule has 4 aliphatic carbocycles. The fraction of sp³-hybridized carbons (Fsp3) is 0.625. The van der Waals surface area contributed by atoms with Gasteiger partial charge in [-0.25, -0.2) is 0 Å². The van der Waals surface area contributed by atoms with Crippen LogP contribution in [0.4, 0.5) is 13.2 Å². The number of nitrogens with one attached hydrogen (secondary N) is 1. The minimum absolute atomic E-state index is 0.0917. The van der Waals surface area contributed by atoms with E-state index >= 15 is 0 Å². The predicted molar refractivity (Wildman–Crippen MR) is 112 cm³/mol. The molecule has 0 radical (unpaired) electrons. The number of ether oxygens (including phenoxy) is 1. The van der Waals surface area contributed by atoms with E-state index in [0.29, 0.717) is 29.2 Å². The Bertz CT molecular complexity index is 955. The topological polar surface area (TPSA) is 81.2 Å². The van der Waals surface area contributed by atoms with Crippen molar-refractivity contribution in [2.75, 3.05) is 0 Å². The van der Waals surface area contributed by atoms with E-state index < -0.39 is 17.3 Å². The maximum Gasteiger partial charge on any atom is 0.416 e. The summed E-state index contributed by atoms with van der Waals surface area (Å²) in [6.45, 7) is 3.69. The number of benzene rings is 1. The zero-order valence-electron chi connectivity index (χ0n) is 18.2. The molecule has 1 N–H and O–H groups in total. The van der Waals surface area contributed by atoms with E-state index in [2.05, 4.69) is 16.4 Å². The predicted octanol–water partition coefficient (Wildman–Crippen LogP) is 5.19. The minimum atomic E-state index is -4.38. The molecule has 4 saturated carbocycles. The van der Waals surface area contributed by atoms with Crippen molar-refractivity contribution in [3.8, 4) is 12.3 Å². The fourth-order valence-electron chi connectivity index (χ4n) is 6.07. The third-order valence-electron chi connectivity index (χ3n) is 7.43. The maximum absolute atomic E-state index is 12.8. The van der Waals surface area contributed by atoms with E-state index in [9.17, 15) is 23.7 Å². The number of alkyl halides is 3. The average molecular weight is 445 g/mol. The molecule has 1 aromatic rings. The number of hydrogen-bond acceptors (Lipinski definition) is 4. The normalized spacial score (nSPS) is 31.8. The van der Waals surface area contributed by atoms with Gasteiger partial charge in [0, 0.05) is 6.04 Å². The lowest BCUT2D eigenvalue weighted by atomic mass is 9.48. The van der Waals surface area contributed by atoms with Crippen LogP contribution < -0.4 is 5.32 Å². The Kier molecular flexibility index (Phi) is 5.71. The third kappa shape index (κ3) is 4.34. The Balaban J connectivity index is 1.44. The van der Waals surface area contributed by atoms with Gasteiger partial charge in [-0.05, 0) is 81.4 Å². The first kappa shape index (κ1) is 22.6. The SMILES string of the molecule is CC(C)(OCc1ccc(C(F)(F)F)cc1)/C(=N\C#N)NC1C2CC3CC1CC(C#N)(C3)C2. The summed E-state index contributed by atoms with van der Waals surface area (Å²) in [5, 5.41) is 22.5. The van der Waals surface area contributed by atoms with Crippen molar-refractivity contribution in [1.29, 1.82) is 10.5 Å². The summed E-state index contributed by atoms with van der Waals surface area (Å²) in [5.41, 5.74) is -1.23. The summed E-state index contributed by atoms with van der Waals surface area (Å²) in [4.78, 5) is 4.02. The Morgan fingerprint density at radius 1 is 1.12 bits per heavy atom. The van der Waals surface area contributed by atoms with Gasteiger partial charge in [0.2, 0.25) is 6.19 Å². The Morgan fingerprint density at radius 3 is 2.28 bits per heavy atom. The summed E-state index contributed by atoms with van der Waals surface area (Å²) in [7, 11) is 0. The van der Waals surface area contributed by atoms with Crippen LogP contribution >= 0.6 is 0 Å². The molecule has 1 aromatic carbocycles. The summed E-state index contributed by atoms with van der Waals surface area (Å²) in [6, 6.07) is 7.59. The molecule has 5 nitrogen and oxygen atoms in total. The molecule has 170 valence electrons. The number of halogens is 3. The highest BCUT2D eigenvalue weighted by molar-refractivity contribution is 5.90. The van der Waals surface area contributed by atoms with E-state index in [4.69, 9.17) is 4.74 Å². The van der Waals surface area contributed by atoms with Gasteiger partial charge < -0.3 is 10.1 Å². The molecule has 32 heavy (non-hydrogen) atoms. The van der Waals surface area contributed by atoms with Crippen molar-refractivity contribution in [2.24, 2.45) is 28.2 Å². The van der Waals surface area contributed by atoms with Gasteiger partial charge in [-0.15, -0.1) is 0 Å². The van der Waals surface area contributed by atoms with E-state index in [0.717, 1.165) is 44.2 Å². The Morgan fingerprint density at radius 2 is 1.75 bits per heavy atom. The zero-order valence-corrected chi connectivity index (χ0v) is 18.2. The molecule has 8 heteroatoms. The number of amidine groups is 1. The lowest BCUT2D eigenvalue weighted by molar-refractivity contribution is -0.137. The molecule has 0 heterocycles. The fourth-order valence-corrected chi connectivity index (χ4v) is 6.07. The van der Waals surface area contributed by atoms with Gasteiger partial charge in [-0.2, -0.15) is 28.7 Å². The molecule has 0 amide bonds. The first-order valence-electron chi connectivity index (χ1n) is 11.0. The second-order valence-electron chi connectivity index (χ2n) is 10.1. The number of rotatable bonds is 5. The molecule has 2 atom stereocenters. The highest BCUT2D eigenvalue weighted by atomic mass is 19.4. The zero-order chi connectivity index (χ0) is 23.1. The lowest BCUT2D eigenvalue weighted by Crippen LogP contribution is -2.61. The molecule has 4 bridgehead atoms. The standard InChI is InChI=1S/C24H27F3N4O/c1-22(2,32-12-15-3-5-19(6-4-15)24(25,26)27)21(30-14-29)31-20-17-7-16-8-18(20)11-23(9-16,10-17)13-28/h3-6,16-18,20H,7-12H2,1-2H3,(H,30,31). The quantitative estimate of drug-likeness (QED) is 0.385. The van der Waals surface area contributed by atoms with Crippen LogP contribution in [0.15, 0.2) is 29.3 Å². The second kappa shape index (κ2) is 8.08. The van der Waals surface area contributed by atoms with Crippen LogP contribution in [0.25, 0.3) is 0 Å². The summed E-state index contributed by atoms with van der Waals surface area (Å²) >= 11 is 0. The molecule has 0 aromatic heterocycles. The van der Waals surface area contributed by atoms with Gasteiger partial charge in [0.25, 0.3) is 0 Å². The van der Waals surface area contributed by atoms with Crippen LogP contribution in [0.2, 0.25) is 0 Å². The Hall–Kier alpha value is -2.58. The number of nitriles is 2. The first-order valence-corrected chi connectivity index (χ1v) is 11.0. The van der Waals surface area contributed by atoms with Gasteiger partial charge in [0.05, 0.1) is 23.7 Å². The van der Waals surface area contributed by atoms with Crippen LogP contribution in [0.5, 0.6) is 0 Å². The van der Waals surface area contributed by atoms with Crippen molar-refractivity contribution in [1.82, 2.24) is 5.32 Å². The molecular formula is C24H27F3N4O. The molecule has 4 aliphatic rings. The van der Waals surface area contributed by atoms with Crippen LogP contribution in [-0.2, 0) is 17.5 Å². The van der Waals surface area contributed by atoms with E-state index in [1.54, 1.807) is 13.8 Å². The van der Waals surface area contributed by atoms with Gasteiger partial charge >= 0.3 is 6.18 Å². The largest absolute Gasteiger partial charge is 0.416 e. The molecule has 5 rings (SSSR count). The van der Waals surface area contributed by atoms with Crippen molar-refractivity contribution in [3.05, 3.63) is 35.4 Å². The van der Waals surface area contributed by atoms with Gasteiger partial charge in [0.15, 0.2) is 0 Å². The van der Waals surface area contributed by atoms with Crippen molar-refractivity contribution >= 4 is 5.84 Å². The van der Waals surface area contributed by atoms with Gasteiger partial charge in [0.1, 0.15) is 11.4 Å². The van der Waals surface area contributed by atoms with Crippen molar-refractivity contribution in [2.45, 2.75) is 70.4 Å². The summed E-state index contributed by atoms with van der Waals surface area (Å²) < 4.78 is 44.3. The van der Waals surface area contributed by atoms with Crippen LogP contribution in [0.3, 0.4) is 0 Å². The summed E-state index contributed by atoms with van der Waals surface area (Å²) in [5.74, 6) is 1.77. The van der Waals surface area contributed by atoms with Gasteiger partial charge in [-0.1, -0.05) is 12.1 Å². The van der Waals surface area contributed by atoms with E-state index in [-0.39, 0.29) is 18.1 Å². The molecule has 4 fully saturated rings. The molecular weight excluding hydrogens is 417 g/mol. The van der Waals surface area contributed by atoms with E-state index in [1.807, 2.05) is 6.19 Å². The van der Waals surface area contributed by atoms with Crippen LogP contribution in [-0.4, -0.2) is 17.5 Å². The number of nitrogens with zero attached hydrogens (tertiary/aromatic N) is 3. The lowest BCUT2D eigenvalue weighted by Gasteiger charge is -2.58. The van der Waals surface area contributed by atoms with E-state index in [1.165, 1.54) is 12.1 Å².